The van der Waals surface area contributed by atoms with Gasteiger partial charge >= 0.3 is 12.2 Å². The number of hydrogen-bond donors (Lipinski definition) is 1. The predicted octanol–water partition coefficient (Wildman–Crippen LogP) is 7.51. The van der Waals surface area contributed by atoms with Crippen LogP contribution in [0.2, 0.25) is 0 Å². The normalized spacial score (nSPS) is 12.0. The van der Waals surface area contributed by atoms with Crippen molar-refractivity contribution in [2.75, 3.05) is 0 Å². The Morgan fingerprint density at radius 1 is 0.805 bits per heavy atom. The molecule has 0 radical (unpaired) electrons. The highest BCUT2D eigenvalue weighted by atomic mass is 16.6. The molecule has 0 aliphatic heterocycles. The van der Waals surface area contributed by atoms with Gasteiger partial charge in [-0.1, -0.05) is 36.4 Å². The zero-order valence-corrected chi connectivity index (χ0v) is 24.0. The van der Waals surface area contributed by atoms with E-state index in [0.717, 1.165) is 5.56 Å². The molecule has 0 amide bonds. The highest BCUT2D eigenvalue weighted by molar-refractivity contribution is 6.05. The first-order chi connectivity index (χ1) is 19.3. The number of carbonyl (C=O) groups excluding carboxylic acids is 2. The van der Waals surface area contributed by atoms with E-state index in [-0.39, 0.29) is 12.4 Å². The molecule has 5 rings (SSSR count). The summed E-state index contributed by atoms with van der Waals surface area (Å²) in [5, 5.41) is 16.0. The maximum atomic E-state index is 13.6. The predicted molar refractivity (Wildman–Crippen MR) is 156 cm³/mol. The fraction of sp³-hybridized carbons (Fsp3) is 0.281. The first-order valence-electron chi connectivity index (χ1n) is 13.3. The Balaban J connectivity index is 1.76. The molecule has 3 aromatic carbocycles. The summed E-state index contributed by atoms with van der Waals surface area (Å²) in [6.07, 6.45) is -1.30. The van der Waals surface area contributed by atoms with Gasteiger partial charge in [0.05, 0.1) is 22.1 Å². The van der Waals surface area contributed by atoms with E-state index in [9.17, 15) is 14.7 Å². The van der Waals surface area contributed by atoms with Crippen molar-refractivity contribution in [3.8, 4) is 22.9 Å². The first kappa shape index (κ1) is 27.8. The maximum absolute atomic E-state index is 13.6. The van der Waals surface area contributed by atoms with Crippen molar-refractivity contribution in [2.24, 2.45) is 0 Å². The molecule has 1 N–H and O–H groups in total. The summed E-state index contributed by atoms with van der Waals surface area (Å²) in [6, 6.07) is 21.4. The fourth-order valence-electron chi connectivity index (χ4n) is 4.50. The van der Waals surface area contributed by atoms with E-state index in [1.54, 1.807) is 77.9 Å². The Hall–Kier alpha value is -4.79. The molecule has 0 atom stereocenters. The first-order valence-corrected chi connectivity index (χ1v) is 13.3. The summed E-state index contributed by atoms with van der Waals surface area (Å²) in [5.41, 5.74) is 1.06. The summed E-state index contributed by atoms with van der Waals surface area (Å²) in [7, 11) is 0. The highest BCUT2D eigenvalue weighted by Gasteiger charge is 2.29. The summed E-state index contributed by atoms with van der Waals surface area (Å²) in [5.74, 6) is 0.515. The Morgan fingerprint density at radius 3 is 2.17 bits per heavy atom. The van der Waals surface area contributed by atoms with E-state index < -0.39 is 23.4 Å². The Labute approximate surface area is 237 Å². The monoisotopic (exact) mass is 555 g/mol. The molecule has 0 saturated carbocycles. The minimum absolute atomic E-state index is 0.0430. The van der Waals surface area contributed by atoms with Crippen molar-refractivity contribution in [1.29, 1.82) is 0 Å². The van der Waals surface area contributed by atoms with Gasteiger partial charge in [-0.05, 0) is 83.5 Å². The standard InChI is InChI=1S/C32H33N3O6/c1-31(2,3)40-29(37)34-23-16-15-22(36)17-21(23)18-25(34)28-27-24(35(33-28)30(38)41-32(4,5)6)13-10-14-26(27)39-19-20-11-8-7-9-12-20/h7-18,36H,19H2,1-6H3. The van der Waals surface area contributed by atoms with Gasteiger partial charge in [-0.3, -0.25) is 0 Å². The third kappa shape index (κ3) is 5.89. The number of carbonyl (C=O) groups is 2. The van der Waals surface area contributed by atoms with Crippen LogP contribution < -0.4 is 4.74 Å². The van der Waals surface area contributed by atoms with Crippen LogP contribution in [0, 0.1) is 0 Å². The SMILES string of the molecule is CC(C)(C)OC(=O)n1nc(-c2cc3cc(O)ccc3n2C(=O)OC(C)(C)C)c2c(OCc3ccccc3)cccc21. The molecule has 0 aliphatic rings. The third-order valence-electron chi connectivity index (χ3n) is 6.08. The average molecular weight is 556 g/mol. The molecule has 0 spiro atoms. The summed E-state index contributed by atoms with van der Waals surface area (Å²) in [6.45, 7) is 11.0. The minimum Gasteiger partial charge on any atom is -0.508 e. The van der Waals surface area contributed by atoms with Crippen molar-refractivity contribution in [3.63, 3.8) is 0 Å². The number of phenols is 1. The van der Waals surface area contributed by atoms with Crippen LogP contribution in [0.1, 0.15) is 47.1 Å². The minimum atomic E-state index is -0.774. The second-order valence-electron chi connectivity index (χ2n) is 11.8. The second-order valence-corrected chi connectivity index (χ2v) is 11.8. The van der Waals surface area contributed by atoms with Crippen LogP contribution in [-0.2, 0) is 16.1 Å². The number of aromatic hydroxyl groups is 1. The van der Waals surface area contributed by atoms with Gasteiger partial charge in [-0.2, -0.15) is 9.78 Å². The highest BCUT2D eigenvalue weighted by Crippen LogP contribution is 2.39. The molecule has 0 fully saturated rings. The number of phenolic OH excluding ortho intramolecular Hbond substituents is 1. The number of nitrogens with zero attached hydrogens (tertiary/aromatic N) is 3. The Bertz CT molecular complexity index is 1750. The van der Waals surface area contributed by atoms with Crippen LogP contribution in [0.25, 0.3) is 33.2 Å². The van der Waals surface area contributed by atoms with Crippen LogP contribution in [0.3, 0.4) is 0 Å². The molecule has 9 nitrogen and oxygen atoms in total. The van der Waals surface area contributed by atoms with E-state index in [1.807, 2.05) is 30.3 Å². The molecule has 0 unspecified atom stereocenters. The molecule has 0 aliphatic carbocycles. The van der Waals surface area contributed by atoms with Gasteiger partial charge < -0.3 is 19.3 Å². The van der Waals surface area contributed by atoms with Crippen LogP contribution in [0.15, 0.2) is 72.8 Å². The lowest BCUT2D eigenvalue weighted by Crippen LogP contribution is -2.28. The average Bonchev–Trinajstić information content (AvgIpc) is 3.45. The fourth-order valence-corrected chi connectivity index (χ4v) is 4.50. The van der Waals surface area contributed by atoms with Crippen molar-refractivity contribution < 1.29 is 28.9 Å². The van der Waals surface area contributed by atoms with E-state index in [4.69, 9.17) is 14.2 Å². The summed E-state index contributed by atoms with van der Waals surface area (Å²) < 4.78 is 20.3. The molecule has 2 heterocycles. The van der Waals surface area contributed by atoms with Crippen LogP contribution >= 0.6 is 0 Å². The van der Waals surface area contributed by atoms with Gasteiger partial charge in [-0.25, -0.2) is 14.2 Å². The molecule has 2 aromatic heterocycles. The Morgan fingerprint density at radius 2 is 1.49 bits per heavy atom. The summed E-state index contributed by atoms with van der Waals surface area (Å²) >= 11 is 0. The number of hydrogen-bond acceptors (Lipinski definition) is 7. The lowest BCUT2D eigenvalue weighted by atomic mass is 10.1. The molecule has 0 bridgehead atoms. The molecule has 212 valence electrons. The number of rotatable bonds is 4. The van der Waals surface area contributed by atoms with Gasteiger partial charge in [0.25, 0.3) is 0 Å². The van der Waals surface area contributed by atoms with Crippen LogP contribution in [0.5, 0.6) is 11.5 Å². The van der Waals surface area contributed by atoms with E-state index in [2.05, 4.69) is 5.10 Å². The van der Waals surface area contributed by atoms with Gasteiger partial charge in [0, 0.05) is 5.39 Å². The largest absolute Gasteiger partial charge is 0.508 e. The molecule has 5 aromatic rings. The zero-order chi connectivity index (χ0) is 29.5. The number of ether oxygens (including phenoxy) is 3. The maximum Gasteiger partial charge on any atom is 0.435 e. The Kier molecular flexibility index (Phi) is 6.98. The van der Waals surface area contributed by atoms with Gasteiger partial charge in [0.1, 0.15) is 35.0 Å². The van der Waals surface area contributed by atoms with E-state index in [1.165, 1.54) is 15.3 Å². The third-order valence-corrected chi connectivity index (χ3v) is 6.08. The quantitative estimate of drug-likeness (QED) is 0.245. The summed E-state index contributed by atoms with van der Waals surface area (Å²) in [4.78, 5) is 26.9. The molecule has 41 heavy (non-hydrogen) atoms. The van der Waals surface area contributed by atoms with Crippen LogP contribution in [0.4, 0.5) is 9.59 Å². The van der Waals surface area contributed by atoms with Gasteiger partial charge in [-0.15, -0.1) is 0 Å². The smallest absolute Gasteiger partial charge is 0.435 e. The topological polar surface area (TPSA) is 105 Å². The number of aromatic nitrogens is 3. The van der Waals surface area contributed by atoms with Crippen molar-refractivity contribution in [2.45, 2.75) is 59.4 Å². The van der Waals surface area contributed by atoms with Crippen LogP contribution in [-0.4, -0.2) is 42.8 Å². The second kappa shape index (κ2) is 10.3. The van der Waals surface area contributed by atoms with E-state index >= 15 is 0 Å². The molecule has 9 heteroatoms. The zero-order valence-electron chi connectivity index (χ0n) is 24.0. The number of benzene rings is 3. The van der Waals surface area contributed by atoms with E-state index in [0.29, 0.717) is 38.9 Å². The lowest BCUT2D eigenvalue weighted by molar-refractivity contribution is 0.0520. The van der Waals surface area contributed by atoms with Crippen molar-refractivity contribution in [3.05, 3.63) is 78.4 Å². The van der Waals surface area contributed by atoms with Gasteiger partial charge in [0.2, 0.25) is 0 Å². The lowest BCUT2D eigenvalue weighted by Gasteiger charge is -2.21. The van der Waals surface area contributed by atoms with Gasteiger partial charge in [0.15, 0.2) is 0 Å². The molecular weight excluding hydrogens is 522 g/mol. The molecule has 0 saturated heterocycles. The van der Waals surface area contributed by atoms with Crippen molar-refractivity contribution in [1.82, 2.24) is 14.3 Å². The number of fused-ring (bicyclic) bond motifs is 2. The van der Waals surface area contributed by atoms with Crippen molar-refractivity contribution >= 4 is 34.0 Å². The molecular formula is C32H33N3O6.